The second kappa shape index (κ2) is 8.11. The molecule has 0 spiro atoms. The molecule has 134 valence electrons. The van der Waals surface area contributed by atoms with Crippen molar-refractivity contribution in [3.63, 3.8) is 0 Å². The number of benzene rings is 2. The zero-order valence-corrected chi connectivity index (χ0v) is 15.3. The van der Waals surface area contributed by atoms with E-state index in [1.54, 1.807) is 12.5 Å². The molecule has 0 saturated carbocycles. The Kier molecular flexibility index (Phi) is 5.22. The molecule has 0 saturated heterocycles. The van der Waals surface area contributed by atoms with E-state index in [9.17, 15) is 0 Å². The zero-order valence-electron chi connectivity index (χ0n) is 14.6. The third kappa shape index (κ3) is 4.21. The van der Waals surface area contributed by atoms with Gasteiger partial charge in [-0.2, -0.15) is 0 Å². The van der Waals surface area contributed by atoms with Crippen molar-refractivity contribution in [2.45, 2.75) is 12.5 Å². The highest BCUT2D eigenvalue weighted by Crippen LogP contribution is 2.32. The molecule has 0 fully saturated rings. The van der Waals surface area contributed by atoms with Crippen LogP contribution in [0.3, 0.4) is 0 Å². The number of ether oxygens (including phenoxy) is 1. The van der Waals surface area contributed by atoms with E-state index >= 15 is 0 Å². The first-order valence-corrected chi connectivity index (χ1v) is 9.08. The zero-order chi connectivity index (χ0) is 18.5. The van der Waals surface area contributed by atoms with Gasteiger partial charge in [-0.25, -0.2) is 0 Å². The average molecular weight is 376 g/mol. The van der Waals surface area contributed by atoms with E-state index in [2.05, 4.69) is 23.2 Å². The predicted molar refractivity (Wildman–Crippen MR) is 106 cm³/mol. The fraction of sp³-hybridized carbons (Fsp3) is 0.0870. The van der Waals surface area contributed by atoms with Gasteiger partial charge in [0.1, 0.15) is 18.1 Å². The minimum Gasteiger partial charge on any atom is -0.489 e. The van der Waals surface area contributed by atoms with Gasteiger partial charge in [0.05, 0.1) is 12.2 Å². The summed E-state index contributed by atoms with van der Waals surface area (Å²) in [6, 6.07) is 23.7. The third-order valence-corrected chi connectivity index (χ3v) is 4.63. The fourth-order valence-corrected chi connectivity index (χ4v) is 3.15. The van der Waals surface area contributed by atoms with E-state index in [1.165, 1.54) is 0 Å². The third-order valence-electron chi connectivity index (χ3n) is 4.38. The van der Waals surface area contributed by atoms with Crippen LogP contribution in [0.5, 0.6) is 5.75 Å². The van der Waals surface area contributed by atoms with Gasteiger partial charge in [0.2, 0.25) is 0 Å². The molecule has 27 heavy (non-hydrogen) atoms. The molecule has 0 aliphatic heterocycles. The summed E-state index contributed by atoms with van der Waals surface area (Å²) in [5.41, 5.74) is 3.28. The highest BCUT2D eigenvalue weighted by atomic mass is 35.5. The maximum atomic E-state index is 5.92. The maximum Gasteiger partial charge on any atom is 0.119 e. The molecule has 2 aromatic carbocycles. The molecule has 3 nitrogen and oxygen atoms in total. The van der Waals surface area contributed by atoms with Crippen LogP contribution in [0, 0.1) is 0 Å². The highest BCUT2D eigenvalue weighted by molar-refractivity contribution is 6.30. The molecule has 1 atom stereocenters. The minimum absolute atomic E-state index is 0.000912. The molecule has 2 heterocycles. The number of aromatic nitrogens is 1. The van der Waals surface area contributed by atoms with Gasteiger partial charge in [-0.15, -0.1) is 0 Å². The van der Waals surface area contributed by atoms with Crippen LogP contribution in [-0.4, -0.2) is 4.98 Å². The Labute approximate surface area is 163 Å². The molecule has 4 aromatic rings. The first kappa shape index (κ1) is 17.4. The lowest BCUT2D eigenvalue weighted by molar-refractivity contribution is 0.306. The second-order valence-electron chi connectivity index (χ2n) is 6.22. The van der Waals surface area contributed by atoms with Crippen molar-refractivity contribution >= 4 is 11.6 Å². The number of halogens is 1. The maximum absolute atomic E-state index is 5.92. The summed E-state index contributed by atoms with van der Waals surface area (Å²) in [5, 5.41) is 0.725. The summed E-state index contributed by atoms with van der Waals surface area (Å²) in [5.74, 6) is 1.70. The van der Waals surface area contributed by atoms with Crippen molar-refractivity contribution in [3.8, 4) is 5.75 Å². The van der Waals surface area contributed by atoms with E-state index in [4.69, 9.17) is 20.8 Å². The van der Waals surface area contributed by atoms with Crippen molar-refractivity contribution in [2.24, 2.45) is 0 Å². The Morgan fingerprint density at radius 3 is 2.37 bits per heavy atom. The molecule has 4 rings (SSSR count). The SMILES string of the molecule is Clc1ccc(COc2ccc(C(c3cccnc3)c3ccco3)cc2)cc1. The molecule has 4 heteroatoms. The molecular formula is C23H18ClNO2. The molecule has 0 amide bonds. The fourth-order valence-electron chi connectivity index (χ4n) is 3.03. The van der Waals surface area contributed by atoms with Crippen LogP contribution in [0.2, 0.25) is 5.02 Å². The van der Waals surface area contributed by atoms with Crippen LogP contribution < -0.4 is 4.74 Å². The van der Waals surface area contributed by atoms with Crippen molar-refractivity contribution in [1.29, 1.82) is 0 Å². The Bertz CT molecular complexity index is 965. The quantitative estimate of drug-likeness (QED) is 0.409. The normalized spacial score (nSPS) is 11.9. The number of pyridine rings is 1. The van der Waals surface area contributed by atoms with E-state index in [0.29, 0.717) is 6.61 Å². The summed E-state index contributed by atoms with van der Waals surface area (Å²) in [4.78, 5) is 4.25. The van der Waals surface area contributed by atoms with E-state index < -0.39 is 0 Å². The van der Waals surface area contributed by atoms with Crippen LogP contribution >= 0.6 is 11.6 Å². The lowest BCUT2D eigenvalue weighted by Crippen LogP contribution is -2.03. The Hall–Kier alpha value is -3.04. The van der Waals surface area contributed by atoms with E-state index in [0.717, 1.165) is 33.2 Å². The summed E-state index contributed by atoms with van der Waals surface area (Å²) < 4.78 is 11.6. The van der Waals surface area contributed by atoms with Gasteiger partial charge in [-0.05, 0) is 59.2 Å². The number of rotatable bonds is 6. The van der Waals surface area contributed by atoms with Gasteiger partial charge in [-0.3, -0.25) is 4.98 Å². The van der Waals surface area contributed by atoms with Crippen LogP contribution in [0.4, 0.5) is 0 Å². The molecule has 0 aliphatic rings. The van der Waals surface area contributed by atoms with Crippen molar-refractivity contribution in [1.82, 2.24) is 4.98 Å². The van der Waals surface area contributed by atoms with Gasteiger partial charge in [0.15, 0.2) is 0 Å². The van der Waals surface area contributed by atoms with E-state index in [-0.39, 0.29) is 5.92 Å². The van der Waals surface area contributed by atoms with Gasteiger partial charge in [0, 0.05) is 17.4 Å². The molecule has 0 aliphatic carbocycles. The van der Waals surface area contributed by atoms with Crippen molar-refractivity contribution < 1.29 is 9.15 Å². The first-order valence-electron chi connectivity index (χ1n) is 8.70. The summed E-state index contributed by atoms with van der Waals surface area (Å²) in [7, 11) is 0. The summed E-state index contributed by atoms with van der Waals surface area (Å²) in [6.07, 6.45) is 5.34. The Morgan fingerprint density at radius 2 is 1.70 bits per heavy atom. The van der Waals surface area contributed by atoms with Crippen LogP contribution in [-0.2, 0) is 6.61 Å². The second-order valence-corrected chi connectivity index (χ2v) is 6.66. The van der Waals surface area contributed by atoms with Crippen molar-refractivity contribution in [2.75, 3.05) is 0 Å². The summed E-state index contributed by atoms with van der Waals surface area (Å²) in [6.45, 7) is 0.501. The van der Waals surface area contributed by atoms with E-state index in [1.807, 2.05) is 60.8 Å². The van der Waals surface area contributed by atoms with Gasteiger partial charge < -0.3 is 9.15 Å². The van der Waals surface area contributed by atoms with Crippen molar-refractivity contribution in [3.05, 3.63) is 119 Å². The highest BCUT2D eigenvalue weighted by Gasteiger charge is 2.19. The number of hydrogen-bond donors (Lipinski definition) is 0. The Balaban J connectivity index is 1.53. The number of furan rings is 1. The van der Waals surface area contributed by atoms with Gasteiger partial charge >= 0.3 is 0 Å². The lowest BCUT2D eigenvalue weighted by atomic mass is 9.90. The lowest BCUT2D eigenvalue weighted by Gasteiger charge is -2.16. The monoisotopic (exact) mass is 375 g/mol. The number of nitrogens with zero attached hydrogens (tertiary/aromatic N) is 1. The molecule has 0 bridgehead atoms. The molecule has 0 radical (unpaired) electrons. The molecule has 2 aromatic heterocycles. The van der Waals surface area contributed by atoms with Gasteiger partial charge in [0.25, 0.3) is 0 Å². The van der Waals surface area contributed by atoms with Gasteiger partial charge in [-0.1, -0.05) is 41.9 Å². The standard InChI is InChI=1S/C23H18ClNO2/c24-20-9-5-17(6-10-20)16-27-21-11-7-18(8-12-21)23(22-4-2-14-26-22)19-3-1-13-25-15-19/h1-15,23H,16H2. The molecule has 1 unspecified atom stereocenters. The van der Waals surface area contributed by atoms with Crippen LogP contribution in [0.15, 0.2) is 95.9 Å². The summed E-state index contributed by atoms with van der Waals surface area (Å²) >= 11 is 5.92. The Morgan fingerprint density at radius 1 is 0.889 bits per heavy atom. The average Bonchev–Trinajstić information content (AvgIpc) is 3.24. The number of hydrogen-bond acceptors (Lipinski definition) is 3. The molecule has 0 N–H and O–H groups in total. The smallest absolute Gasteiger partial charge is 0.119 e. The first-order chi connectivity index (χ1) is 13.3. The predicted octanol–water partition coefficient (Wildman–Crippen LogP) is 6.09. The van der Waals surface area contributed by atoms with Crippen LogP contribution in [0.25, 0.3) is 0 Å². The topological polar surface area (TPSA) is 35.3 Å². The van der Waals surface area contributed by atoms with Crippen LogP contribution in [0.1, 0.15) is 28.4 Å². The molecular weight excluding hydrogens is 358 g/mol. The minimum atomic E-state index is -0.000912. The largest absolute Gasteiger partial charge is 0.489 e.